The van der Waals surface area contributed by atoms with Gasteiger partial charge in [-0.1, -0.05) is 36.4 Å². The van der Waals surface area contributed by atoms with Gasteiger partial charge in [-0.25, -0.2) is 0 Å². The van der Waals surface area contributed by atoms with E-state index in [0.29, 0.717) is 6.61 Å². The molecular formula is C19H24N2O2S. The number of rotatable bonds is 7. The Bertz CT molecular complexity index is 616. The molecule has 1 N–H and O–H groups in total. The van der Waals surface area contributed by atoms with Gasteiger partial charge in [0.2, 0.25) is 5.91 Å². The molecule has 5 heteroatoms. The Morgan fingerprint density at radius 2 is 2.12 bits per heavy atom. The summed E-state index contributed by atoms with van der Waals surface area (Å²) in [4.78, 5) is 15.9. The number of amides is 1. The quantitative estimate of drug-likeness (QED) is 0.839. The van der Waals surface area contributed by atoms with Crippen LogP contribution < -0.4 is 5.32 Å². The highest BCUT2D eigenvalue weighted by Gasteiger charge is 2.21. The molecule has 128 valence electrons. The fraction of sp³-hybridized carbons (Fsp3) is 0.421. The molecule has 2 heterocycles. The van der Waals surface area contributed by atoms with Crippen LogP contribution >= 0.6 is 11.3 Å². The van der Waals surface area contributed by atoms with Crippen LogP contribution in [0.15, 0.2) is 47.8 Å². The summed E-state index contributed by atoms with van der Waals surface area (Å²) in [6.45, 7) is 3.60. The summed E-state index contributed by atoms with van der Waals surface area (Å²) in [7, 11) is 0. The van der Waals surface area contributed by atoms with Gasteiger partial charge in [-0.2, -0.15) is 0 Å². The third-order valence-corrected chi connectivity index (χ3v) is 5.04. The molecule has 1 unspecified atom stereocenters. The molecular weight excluding hydrogens is 320 g/mol. The monoisotopic (exact) mass is 344 g/mol. The van der Waals surface area contributed by atoms with Crippen molar-refractivity contribution in [3.05, 3.63) is 58.3 Å². The summed E-state index contributed by atoms with van der Waals surface area (Å²) in [6.07, 6.45) is 2.17. The van der Waals surface area contributed by atoms with Gasteiger partial charge in [0.25, 0.3) is 0 Å². The number of carbonyl (C=O) groups excluding carboxylic acids is 1. The molecule has 0 aliphatic carbocycles. The van der Waals surface area contributed by atoms with E-state index in [-0.39, 0.29) is 18.6 Å². The van der Waals surface area contributed by atoms with Crippen LogP contribution in [0.2, 0.25) is 0 Å². The maximum Gasteiger partial charge on any atom is 0.246 e. The van der Waals surface area contributed by atoms with Gasteiger partial charge in [-0.3, -0.25) is 9.69 Å². The minimum absolute atomic E-state index is 0.0195. The van der Waals surface area contributed by atoms with Crippen LogP contribution in [0, 0.1) is 0 Å². The van der Waals surface area contributed by atoms with E-state index in [4.69, 9.17) is 4.74 Å². The standard InChI is InChI=1S/C19H24N2O2S/c22-19(15-23-14-16-6-2-1-3-7-16)20-17-8-4-10-21(12-17)13-18-9-5-11-24-18/h1-3,5-7,9,11,17H,4,8,10,12-15H2,(H,20,22). The van der Waals surface area contributed by atoms with E-state index < -0.39 is 0 Å². The molecule has 2 aromatic rings. The number of likely N-dealkylation sites (tertiary alicyclic amines) is 1. The molecule has 1 aromatic carbocycles. The molecule has 4 nitrogen and oxygen atoms in total. The number of piperidine rings is 1. The zero-order valence-electron chi connectivity index (χ0n) is 13.8. The van der Waals surface area contributed by atoms with Gasteiger partial charge in [0, 0.05) is 24.0 Å². The fourth-order valence-corrected chi connectivity index (χ4v) is 3.79. The normalized spacial score (nSPS) is 18.4. The van der Waals surface area contributed by atoms with Gasteiger partial charge >= 0.3 is 0 Å². The van der Waals surface area contributed by atoms with E-state index in [1.54, 1.807) is 11.3 Å². The second-order valence-corrected chi connectivity index (χ2v) is 7.23. The summed E-state index contributed by atoms with van der Waals surface area (Å²) in [5.74, 6) is -0.0195. The van der Waals surface area contributed by atoms with Crippen molar-refractivity contribution in [3.8, 4) is 0 Å². The third-order valence-electron chi connectivity index (χ3n) is 4.17. The summed E-state index contributed by atoms with van der Waals surface area (Å²) in [6, 6.07) is 14.4. The van der Waals surface area contributed by atoms with E-state index in [0.717, 1.165) is 38.0 Å². The van der Waals surface area contributed by atoms with E-state index in [2.05, 4.69) is 27.7 Å². The molecule has 1 saturated heterocycles. The first kappa shape index (κ1) is 17.1. The predicted molar refractivity (Wildman–Crippen MR) is 96.9 cm³/mol. The van der Waals surface area contributed by atoms with Crippen molar-refractivity contribution in [2.45, 2.75) is 32.0 Å². The number of ether oxygens (including phenoxy) is 1. The highest BCUT2D eigenvalue weighted by Crippen LogP contribution is 2.16. The average Bonchev–Trinajstić information content (AvgIpc) is 3.09. The SMILES string of the molecule is O=C(COCc1ccccc1)NC1CCCN(Cc2cccs2)C1. The third kappa shape index (κ3) is 5.44. The average molecular weight is 344 g/mol. The van der Waals surface area contributed by atoms with Crippen LogP contribution in [0.1, 0.15) is 23.3 Å². The Morgan fingerprint density at radius 3 is 2.92 bits per heavy atom. The van der Waals surface area contributed by atoms with Gasteiger partial charge in [0.1, 0.15) is 6.61 Å². The molecule has 0 saturated carbocycles. The molecule has 0 bridgehead atoms. The van der Waals surface area contributed by atoms with E-state index in [1.807, 2.05) is 30.3 Å². The predicted octanol–water partition coefficient (Wildman–Crippen LogP) is 3.05. The largest absolute Gasteiger partial charge is 0.367 e. The zero-order valence-corrected chi connectivity index (χ0v) is 14.6. The maximum absolute atomic E-state index is 12.1. The second kappa shape index (κ2) is 8.97. The number of hydrogen-bond donors (Lipinski definition) is 1. The summed E-state index contributed by atoms with van der Waals surface area (Å²) < 4.78 is 5.51. The molecule has 1 aliphatic rings. The molecule has 3 rings (SSSR count). The lowest BCUT2D eigenvalue weighted by Gasteiger charge is -2.32. The first-order chi connectivity index (χ1) is 11.8. The molecule has 0 spiro atoms. The Hall–Kier alpha value is -1.69. The molecule has 24 heavy (non-hydrogen) atoms. The van der Waals surface area contributed by atoms with Crippen LogP contribution in [-0.2, 0) is 22.7 Å². The van der Waals surface area contributed by atoms with Gasteiger partial charge < -0.3 is 10.1 Å². The Kier molecular flexibility index (Phi) is 6.41. The number of benzene rings is 1. The second-order valence-electron chi connectivity index (χ2n) is 6.20. The van der Waals surface area contributed by atoms with Crippen molar-refractivity contribution in [3.63, 3.8) is 0 Å². The van der Waals surface area contributed by atoms with Crippen LogP contribution in [-0.4, -0.2) is 36.5 Å². The lowest BCUT2D eigenvalue weighted by Crippen LogP contribution is -2.48. The lowest BCUT2D eigenvalue weighted by molar-refractivity contribution is -0.127. The number of nitrogens with zero attached hydrogens (tertiary/aromatic N) is 1. The maximum atomic E-state index is 12.1. The first-order valence-corrected chi connectivity index (χ1v) is 9.33. The Labute approximate surface area is 147 Å². The van der Waals surface area contributed by atoms with Crippen molar-refractivity contribution < 1.29 is 9.53 Å². The molecule has 0 radical (unpaired) electrons. The van der Waals surface area contributed by atoms with Crippen molar-refractivity contribution in [1.29, 1.82) is 0 Å². The summed E-state index contributed by atoms with van der Waals surface area (Å²) in [5, 5.41) is 5.23. The Balaban J connectivity index is 1.37. The molecule has 1 fully saturated rings. The van der Waals surface area contributed by atoms with Crippen molar-refractivity contribution in [1.82, 2.24) is 10.2 Å². The minimum atomic E-state index is -0.0195. The van der Waals surface area contributed by atoms with Gasteiger partial charge in [0.05, 0.1) is 6.61 Å². The van der Waals surface area contributed by atoms with E-state index >= 15 is 0 Å². The van der Waals surface area contributed by atoms with E-state index in [9.17, 15) is 4.79 Å². The van der Waals surface area contributed by atoms with Gasteiger partial charge in [0.15, 0.2) is 0 Å². The topological polar surface area (TPSA) is 41.6 Å². The minimum Gasteiger partial charge on any atom is -0.367 e. The number of carbonyl (C=O) groups is 1. The van der Waals surface area contributed by atoms with Gasteiger partial charge in [-0.15, -0.1) is 11.3 Å². The van der Waals surface area contributed by atoms with E-state index in [1.165, 1.54) is 4.88 Å². The van der Waals surface area contributed by atoms with Crippen molar-refractivity contribution >= 4 is 17.2 Å². The van der Waals surface area contributed by atoms with Crippen LogP contribution in [0.5, 0.6) is 0 Å². The number of nitrogens with one attached hydrogen (secondary N) is 1. The highest BCUT2D eigenvalue weighted by atomic mass is 32.1. The fourth-order valence-electron chi connectivity index (χ4n) is 3.05. The Morgan fingerprint density at radius 1 is 1.25 bits per heavy atom. The first-order valence-electron chi connectivity index (χ1n) is 8.45. The number of hydrogen-bond acceptors (Lipinski definition) is 4. The zero-order chi connectivity index (χ0) is 16.6. The molecule has 1 atom stereocenters. The van der Waals surface area contributed by atoms with Crippen molar-refractivity contribution in [2.24, 2.45) is 0 Å². The lowest BCUT2D eigenvalue weighted by atomic mass is 10.1. The molecule has 1 aliphatic heterocycles. The van der Waals surface area contributed by atoms with Crippen LogP contribution in [0.4, 0.5) is 0 Å². The highest BCUT2D eigenvalue weighted by molar-refractivity contribution is 7.09. The molecule has 1 amide bonds. The van der Waals surface area contributed by atoms with Crippen molar-refractivity contribution in [2.75, 3.05) is 19.7 Å². The van der Waals surface area contributed by atoms with Crippen LogP contribution in [0.25, 0.3) is 0 Å². The van der Waals surface area contributed by atoms with Crippen LogP contribution in [0.3, 0.4) is 0 Å². The smallest absolute Gasteiger partial charge is 0.246 e. The summed E-state index contributed by atoms with van der Waals surface area (Å²) in [5.41, 5.74) is 1.09. The summed E-state index contributed by atoms with van der Waals surface area (Å²) >= 11 is 1.79. The molecule has 1 aromatic heterocycles. The van der Waals surface area contributed by atoms with Gasteiger partial charge in [-0.05, 0) is 36.4 Å². The number of thiophene rings is 1.